The molecule has 3 nitrogen and oxygen atoms in total. The minimum Gasteiger partial charge on any atom is -0.393 e. The Bertz CT molecular complexity index is 537. The van der Waals surface area contributed by atoms with Crippen molar-refractivity contribution in [2.45, 2.75) is 83.1 Å². The van der Waals surface area contributed by atoms with Gasteiger partial charge in [-0.3, -0.25) is 4.79 Å². The van der Waals surface area contributed by atoms with Crippen LogP contribution in [-0.4, -0.2) is 33.9 Å². The third-order valence-electron chi connectivity index (χ3n) is 8.42. The second-order valence-corrected chi connectivity index (χ2v) is 9.20. The van der Waals surface area contributed by atoms with E-state index in [0.717, 1.165) is 19.3 Å². The number of aliphatic hydroxyl groups is 2. The summed E-state index contributed by atoms with van der Waals surface area (Å²) in [7, 11) is 0. The number of alkyl halides is 1. The Hall–Kier alpha value is -0.480. The Morgan fingerprint density at radius 3 is 2.57 bits per heavy atom. The average molecular weight is 324 g/mol. The summed E-state index contributed by atoms with van der Waals surface area (Å²) in [5, 5.41) is 20.9. The van der Waals surface area contributed by atoms with Crippen LogP contribution in [-0.2, 0) is 4.79 Å². The van der Waals surface area contributed by atoms with Gasteiger partial charge in [0.05, 0.1) is 12.2 Å². The molecule has 0 amide bonds. The Labute approximate surface area is 137 Å². The van der Waals surface area contributed by atoms with Crippen molar-refractivity contribution in [1.29, 1.82) is 0 Å². The van der Waals surface area contributed by atoms with E-state index in [0.29, 0.717) is 25.7 Å². The van der Waals surface area contributed by atoms with Gasteiger partial charge in [0.15, 0.2) is 0 Å². The van der Waals surface area contributed by atoms with Crippen molar-refractivity contribution in [3.63, 3.8) is 0 Å². The van der Waals surface area contributed by atoms with Crippen molar-refractivity contribution in [2.75, 3.05) is 0 Å². The monoisotopic (exact) mass is 324 g/mol. The maximum absolute atomic E-state index is 16.6. The van der Waals surface area contributed by atoms with E-state index in [4.69, 9.17) is 0 Å². The first kappa shape index (κ1) is 16.0. The van der Waals surface area contributed by atoms with E-state index in [9.17, 15) is 15.0 Å². The summed E-state index contributed by atoms with van der Waals surface area (Å²) in [6.07, 6.45) is 3.79. The van der Waals surface area contributed by atoms with Crippen LogP contribution in [0.3, 0.4) is 0 Å². The van der Waals surface area contributed by atoms with Gasteiger partial charge in [0.2, 0.25) is 0 Å². The molecule has 4 fully saturated rings. The fourth-order valence-electron chi connectivity index (χ4n) is 7.01. The summed E-state index contributed by atoms with van der Waals surface area (Å²) in [6, 6.07) is 0. The minimum absolute atomic E-state index is 0.0769. The molecule has 0 heterocycles. The third kappa shape index (κ3) is 1.80. The molecule has 8 atom stereocenters. The summed E-state index contributed by atoms with van der Waals surface area (Å²) in [6.45, 7) is 3.95. The minimum atomic E-state index is -1.61. The molecule has 4 rings (SSSR count). The number of halogens is 1. The molecule has 4 aliphatic rings. The van der Waals surface area contributed by atoms with E-state index in [-0.39, 0.29) is 36.1 Å². The number of hydrogen-bond acceptors (Lipinski definition) is 3. The number of rotatable bonds is 0. The molecule has 3 unspecified atom stereocenters. The molecular formula is C19H29FO3. The van der Waals surface area contributed by atoms with Crippen LogP contribution >= 0.6 is 0 Å². The third-order valence-corrected chi connectivity index (χ3v) is 8.42. The smallest absolute Gasteiger partial charge is 0.145 e. The number of hydrogen-bond donors (Lipinski definition) is 2. The molecule has 0 aromatic rings. The van der Waals surface area contributed by atoms with E-state index < -0.39 is 22.6 Å². The first-order valence-corrected chi connectivity index (χ1v) is 9.32. The molecule has 0 saturated heterocycles. The van der Waals surface area contributed by atoms with Gasteiger partial charge < -0.3 is 10.2 Å². The Kier molecular flexibility index (Phi) is 3.33. The highest BCUT2D eigenvalue weighted by Crippen LogP contribution is 2.68. The quantitative estimate of drug-likeness (QED) is 0.720. The molecule has 0 aromatic carbocycles. The average Bonchev–Trinajstić information content (AvgIpc) is 2.77. The number of carbonyl (C=O) groups excluding carboxylic acids is 1. The lowest BCUT2D eigenvalue weighted by atomic mass is 9.43. The predicted octanol–water partition coefficient (Wildman–Crippen LogP) is 3.02. The van der Waals surface area contributed by atoms with E-state index in [1.807, 2.05) is 13.8 Å². The predicted molar refractivity (Wildman–Crippen MR) is 84.5 cm³/mol. The number of carbonyl (C=O) groups is 1. The van der Waals surface area contributed by atoms with E-state index in [1.54, 1.807) is 0 Å². The Morgan fingerprint density at radius 2 is 1.83 bits per heavy atom. The zero-order valence-corrected chi connectivity index (χ0v) is 14.2. The lowest BCUT2D eigenvalue weighted by molar-refractivity contribution is -0.244. The largest absolute Gasteiger partial charge is 0.393 e. The van der Waals surface area contributed by atoms with Crippen LogP contribution in [0.5, 0.6) is 0 Å². The molecule has 0 aliphatic heterocycles. The van der Waals surface area contributed by atoms with Crippen molar-refractivity contribution < 1.29 is 19.4 Å². The lowest BCUT2D eigenvalue weighted by Gasteiger charge is -2.64. The zero-order valence-electron chi connectivity index (χ0n) is 14.2. The molecule has 4 saturated carbocycles. The lowest BCUT2D eigenvalue weighted by Crippen LogP contribution is -2.69. The van der Waals surface area contributed by atoms with E-state index >= 15 is 4.39 Å². The molecule has 0 spiro atoms. The molecule has 0 bridgehead atoms. The molecule has 4 heteroatoms. The van der Waals surface area contributed by atoms with Gasteiger partial charge in [-0.1, -0.05) is 13.8 Å². The van der Waals surface area contributed by atoms with Gasteiger partial charge in [0, 0.05) is 17.3 Å². The van der Waals surface area contributed by atoms with Crippen molar-refractivity contribution in [3.05, 3.63) is 0 Å². The van der Waals surface area contributed by atoms with Crippen LogP contribution in [0.4, 0.5) is 4.39 Å². The standard InChI is InChI=1S/C19H29FO3/c1-17-10-16(23)19(20)14(13(17)5-6-15(17)22)4-3-11-9-12(21)7-8-18(11,19)2/h11-14,16,21,23H,3-10H2,1-2H3/t11?,12-,13?,14?,16-,17-,18-,19-/m0/s1. The van der Waals surface area contributed by atoms with Gasteiger partial charge in [0.1, 0.15) is 11.5 Å². The van der Waals surface area contributed by atoms with Gasteiger partial charge in [-0.2, -0.15) is 0 Å². The first-order chi connectivity index (χ1) is 10.7. The number of aliphatic hydroxyl groups excluding tert-OH is 2. The number of ketones is 1. The van der Waals surface area contributed by atoms with Gasteiger partial charge in [-0.25, -0.2) is 4.39 Å². The van der Waals surface area contributed by atoms with Gasteiger partial charge in [-0.15, -0.1) is 0 Å². The van der Waals surface area contributed by atoms with Crippen molar-refractivity contribution in [2.24, 2.45) is 28.6 Å². The van der Waals surface area contributed by atoms with Crippen molar-refractivity contribution >= 4 is 5.78 Å². The topological polar surface area (TPSA) is 57.5 Å². The number of Topliss-reactive ketones (excluding diaryl/α,β-unsaturated/α-hetero) is 1. The highest BCUT2D eigenvalue weighted by atomic mass is 19.1. The summed E-state index contributed by atoms with van der Waals surface area (Å²) in [5.41, 5.74) is -2.70. The van der Waals surface area contributed by atoms with Crippen LogP contribution in [0, 0.1) is 28.6 Å². The summed E-state index contributed by atoms with van der Waals surface area (Å²) in [4.78, 5) is 12.4. The normalized spacial score (nSPS) is 59.2. The zero-order chi connectivity index (χ0) is 16.6. The maximum Gasteiger partial charge on any atom is 0.145 e. The van der Waals surface area contributed by atoms with Gasteiger partial charge >= 0.3 is 0 Å². The fourth-order valence-corrected chi connectivity index (χ4v) is 7.01. The van der Waals surface area contributed by atoms with Gasteiger partial charge in [-0.05, 0) is 62.7 Å². The molecule has 23 heavy (non-hydrogen) atoms. The number of fused-ring (bicyclic) bond motifs is 5. The molecule has 2 N–H and O–H groups in total. The fraction of sp³-hybridized carbons (Fsp3) is 0.947. The second kappa shape index (κ2) is 4.78. The summed E-state index contributed by atoms with van der Waals surface area (Å²) < 4.78 is 16.6. The Morgan fingerprint density at radius 1 is 1.09 bits per heavy atom. The maximum atomic E-state index is 16.6. The molecule has 130 valence electrons. The Balaban J connectivity index is 1.76. The molecule has 4 aliphatic carbocycles. The van der Waals surface area contributed by atoms with Gasteiger partial charge in [0.25, 0.3) is 0 Å². The molecule has 0 radical (unpaired) electrons. The highest BCUT2D eigenvalue weighted by Gasteiger charge is 2.71. The summed E-state index contributed by atoms with van der Waals surface area (Å²) >= 11 is 0. The van der Waals surface area contributed by atoms with Crippen LogP contribution in [0.25, 0.3) is 0 Å². The van der Waals surface area contributed by atoms with Crippen molar-refractivity contribution in [3.8, 4) is 0 Å². The van der Waals surface area contributed by atoms with E-state index in [1.165, 1.54) is 0 Å². The van der Waals surface area contributed by atoms with Crippen LogP contribution < -0.4 is 0 Å². The van der Waals surface area contributed by atoms with Crippen LogP contribution in [0.1, 0.15) is 65.2 Å². The molecule has 0 aromatic heterocycles. The first-order valence-electron chi connectivity index (χ1n) is 9.32. The summed E-state index contributed by atoms with van der Waals surface area (Å²) in [5.74, 6) is 0.228. The SMILES string of the molecule is C[C@]12CC[C@H](O)CC1CCC1C3CCC(=O)[C@@]3(C)C[C@H](O)[C@@]12F. The highest BCUT2D eigenvalue weighted by molar-refractivity contribution is 5.87. The second-order valence-electron chi connectivity index (χ2n) is 9.20. The molecular weight excluding hydrogens is 295 g/mol. The van der Waals surface area contributed by atoms with E-state index in [2.05, 4.69) is 0 Å². The van der Waals surface area contributed by atoms with Crippen molar-refractivity contribution in [1.82, 2.24) is 0 Å². The van der Waals surface area contributed by atoms with Crippen LogP contribution in [0.15, 0.2) is 0 Å². The van der Waals surface area contributed by atoms with Crippen LogP contribution in [0.2, 0.25) is 0 Å².